The first-order chi connectivity index (χ1) is 14.0. The van der Waals surface area contributed by atoms with Crippen molar-refractivity contribution in [3.05, 3.63) is 88.2 Å². The lowest BCUT2D eigenvalue weighted by atomic mass is 10.1. The predicted octanol–water partition coefficient (Wildman–Crippen LogP) is 5.74. The smallest absolute Gasteiger partial charge is 0.262 e. The van der Waals surface area contributed by atoms with Crippen LogP contribution in [-0.4, -0.2) is 17.5 Å². The average molecular weight is 427 g/mol. The number of aromatic nitrogens is 1. The average Bonchev–Trinajstić information content (AvgIpc) is 3.10. The Bertz CT molecular complexity index is 1140. The molecule has 1 N–H and O–H groups in total. The lowest BCUT2D eigenvalue weighted by molar-refractivity contribution is -0.118. The van der Waals surface area contributed by atoms with E-state index in [-0.39, 0.29) is 12.5 Å². The zero-order chi connectivity index (χ0) is 20.2. The number of ether oxygens (including phenoxy) is 1. The molecule has 1 heterocycles. The third-order valence-corrected chi connectivity index (χ3v) is 4.66. The van der Waals surface area contributed by atoms with Crippen molar-refractivity contribution in [2.24, 2.45) is 0 Å². The number of nitrogens with one attached hydrogen (secondary N) is 1. The van der Waals surface area contributed by atoms with Crippen molar-refractivity contribution in [1.82, 2.24) is 4.98 Å². The summed E-state index contributed by atoms with van der Waals surface area (Å²) in [4.78, 5) is 16.5. The van der Waals surface area contributed by atoms with Gasteiger partial charge in [-0.1, -0.05) is 35.3 Å². The van der Waals surface area contributed by atoms with Crippen molar-refractivity contribution in [2.75, 3.05) is 11.9 Å². The Labute approximate surface area is 177 Å². The molecule has 0 bridgehead atoms. The molecule has 0 aliphatic heterocycles. The summed E-state index contributed by atoms with van der Waals surface area (Å²) in [5.41, 5.74) is 3.13. The summed E-state index contributed by atoms with van der Waals surface area (Å²) in [6, 6.07) is 19.7. The molecule has 0 spiro atoms. The fraction of sp³-hybridized carbons (Fsp3) is 0.0909. The molecule has 1 aromatic heterocycles. The third kappa shape index (κ3) is 5.08. The first kappa shape index (κ1) is 19.3. The van der Waals surface area contributed by atoms with Crippen molar-refractivity contribution < 1.29 is 13.9 Å². The third-order valence-electron chi connectivity index (χ3n) is 4.17. The highest BCUT2D eigenvalue weighted by atomic mass is 35.5. The zero-order valence-corrected chi connectivity index (χ0v) is 16.7. The number of rotatable bonds is 6. The summed E-state index contributed by atoms with van der Waals surface area (Å²) in [5.74, 6) is 0.943. The van der Waals surface area contributed by atoms with Gasteiger partial charge in [0.1, 0.15) is 11.3 Å². The number of hydrogen-bond acceptors (Lipinski definition) is 4. The second kappa shape index (κ2) is 8.55. The van der Waals surface area contributed by atoms with Crippen molar-refractivity contribution in [1.29, 1.82) is 0 Å². The number of amides is 1. The molecule has 1 amide bonds. The Kier molecular flexibility index (Phi) is 5.69. The van der Waals surface area contributed by atoms with Gasteiger partial charge in [-0.25, -0.2) is 4.98 Å². The van der Waals surface area contributed by atoms with Crippen LogP contribution in [-0.2, 0) is 11.2 Å². The molecule has 29 heavy (non-hydrogen) atoms. The lowest BCUT2D eigenvalue weighted by Gasteiger charge is -2.08. The molecule has 0 aliphatic rings. The number of carbonyl (C=O) groups excluding carboxylic acids is 1. The monoisotopic (exact) mass is 426 g/mol. The summed E-state index contributed by atoms with van der Waals surface area (Å²) in [5, 5.41) is 4.04. The Balaban J connectivity index is 1.33. The van der Waals surface area contributed by atoms with Crippen molar-refractivity contribution in [3.63, 3.8) is 0 Å². The van der Waals surface area contributed by atoms with Crippen LogP contribution in [0.1, 0.15) is 11.5 Å². The van der Waals surface area contributed by atoms with Crippen LogP contribution in [0.2, 0.25) is 10.0 Å². The van der Waals surface area contributed by atoms with E-state index in [0.717, 1.165) is 11.1 Å². The molecule has 3 aromatic carbocycles. The van der Waals surface area contributed by atoms with Crippen LogP contribution < -0.4 is 10.1 Å². The molecular formula is C22H16Cl2N2O3. The minimum Gasteiger partial charge on any atom is -0.484 e. The number of anilines is 1. The normalized spacial score (nSPS) is 10.8. The van der Waals surface area contributed by atoms with Gasteiger partial charge in [-0.3, -0.25) is 4.79 Å². The Morgan fingerprint density at radius 1 is 0.966 bits per heavy atom. The quantitative estimate of drug-likeness (QED) is 0.426. The molecule has 0 unspecified atom stereocenters. The Morgan fingerprint density at radius 2 is 1.69 bits per heavy atom. The van der Waals surface area contributed by atoms with E-state index in [2.05, 4.69) is 10.3 Å². The highest BCUT2D eigenvalue weighted by Gasteiger charge is 2.08. The van der Waals surface area contributed by atoms with Gasteiger partial charge in [0.15, 0.2) is 18.1 Å². The topological polar surface area (TPSA) is 64.4 Å². The molecule has 0 saturated carbocycles. The number of nitrogens with zero attached hydrogens (tertiary/aromatic N) is 1. The lowest BCUT2D eigenvalue weighted by Crippen LogP contribution is -2.20. The van der Waals surface area contributed by atoms with Gasteiger partial charge in [0, 0.05) is 22.2 Å². The minimum atomic E-state index is -0.247. The van der Waals surface area contributed by atoms with E-state index in [1.807, 2.05) is 24.3 Å². The molecule has 0 fully saturated rings. The molecule has 0 saturated heterocycles. The van der Waals surface area contributed by atoms with E-state index in [4.69, 9.17) is 32.4 Å². The molecule has 0 aliphatic carbocycles. The first-order valence-corrected chi connectivity index (χ1v) is 9.63. The first-order valence-electron chi connectivity index (χ1n) is 8.87. The van der Waals surface area contributed by atoms with Gasteiger partial charge in [-0.05, 0) is 60.2 Å². The summed E-state index contributed by atoms with van der Waals surface area (Å²) in [6.45, 7) is -0.0884. The highest BCUT2D eigenvalue weighted by Crippen LogP contribution is 2.22. The zero-order valence-electron chi connectivity index (χ0n) is 15.2. The highest BCUT2D eigenvalue weighted by molar-refractivity contribution is 6.31. The molecule has 4 aromatic rings. The molecule has 4 rings (SSSR count). The summed E-state index contributed by atoms with van der Waals surface area (Å²) in [6.07, 6.45) is 0.542. The Hall–Kier alpha value is -3.02. The van der Waals surface area contributed by atoms with Crippen molar-refractivity contribution >= 4 is 45.9 Å². The maximum absolute atomic E-state index is 12.1. The molecule has 146 valence electrons. The van der Waals surface area contributed by atoms with Crippen LogP contribution in [0.3, 0.4) is 0 Å². The molecular weight excluding hydrogens is 411 g/mol. The summed E-state index contributed by atoms with van der Waals surface area (Å²) in [7, 11) is 0. The summed E-state index contributed by atoms with van der Waals surface area (Å²) >= 11 is 11.8. The van der Waals surface area contributed by atoms with Gasteiger partial charge in [-0.2, -0.15) is 0 Å². The number of fused-ring (bicyclic) bond motifs is 1. The van der Waals surface area contributed by atoms with Gasteiger partial charge in [0.05, 0.1) is 0 Å². The van der Waals surface area contributed by atoms with Gasteiger partial charge in [-0.15, -0.1) is 0 Å². The molecule has 0 radical (unpaired) electrons. The fourth-order valence-electron chi connectivity index (χ4n) is 2.78. The van der Waals surface area contributed by atoms with Crippen molar-refractivity contribution in [3.8, 4) is 5.75 Å². The number of oxazole rings is 1. The largest absolute Gasteiger partial charge is 0.484 e. The van der Waals surface area contributed by atoms with Crippen LogP contribution in [0.15, 0.2) is 71.1 Å². The summed E-state index contributed by atoms with van der Waals surface area (Å²) < 4.78 is 11.2. The van der Waals surface area contributed by atoms with Gasteiger partial charge in [0.2, 0.25) is 0 Å². The van der Waals surface area contributed by atoms with Gasteiger partial charge < -0.3 is 14.5 Å². The van der Waals surface area contributed by atoms with Gasteiger partial charge >= 0.3 is 0 Å². The van der Waals surface area contributed by atoms with Crippen LogP contribution in [0, 0.1) is 0 Å². The van der Waals surface area contributed by atoms with E-state index in [1.165, 1.54) is 0 Å². The van der Waals surface area contributed by atoms with Crippen LogP contribution in [0.25, 0.3) is 11.1 Å². The number of halogens is 2. The molecule has 5 nitrogen and oxygen atoms in total. The van der Waals surface area contributed by atoms with E-state index >= 15 is 0 Å². The van der Waals surface area contributed by atoms with Crippen LogP contribution in [0.4, 0.5) is 5.69 Å². The Morgan fingerprint density at radius 3 is 2.45 bits per heavy atom. The van der Waals surface area contributed by atoms with Crippen LogP contribution in [0.5, 0.6) is 5.75 Å². The number of benzene rings is 3. The SMILES string of the molecule is O=C(COc1ccc(Cl)cc1)Nc1ccc(Cc2nc3cc(Cl)ccc3o2)cc1. The van der Waals surface area contributed by atoms with Crippen molar-refractivity contribution in [2.45, 2.75) is 6.42 Å². The minimum absolute atomic E-state index is 0.0884. The van der Waals surface area contributed by atoms with E-state index in [1.54, 1.807) is 42.5 Å². The standard InChI is InChI=1S/C22H16Cl2N2O3/c23-15-3-8-18(9-4-15)28-13-21(27)25-17-6-1-14(2-7-17)11-22-26-19-12-16(24)5-10-20(19)29-22/h1-10,12H,11,13H2,(H,25,27). The maximum Gasteiger partial charge on any atom is 0.262 e. The van der Waals surface area contributed by atoms with Crippen LogP contribution >= 0.6 is 23.2 Å². The van der Waals surface area contributed by atoms with E-state index < -0.39 is 0 Å². The predicted molar refractivity (Wildman–Crippen MR) is 114 cm³/mol. The molecule has 7 heteroatoms. The number of carbonyl (C=O) groups is 1. The van der Waals surface area contributed by atoms with E-state index in [0.29, 0.717) is 39.4 Å². The molecule has 0 atom stereocenters. The number of hydrogen-bond donors (Lipinski definition) is 1. The fourth-order valence-corrected chi connectivity index (χ4v) is 3.07. The second-order valence-corrected chi connectivity index (χ2v) is 7.26. The van der Waals surface area contributed by atoms with E-state index in [9.17, 15) is 4.79 Å². The van der Waals surface area contributed by atoms with Gasteiger partial charge in [0.25, 0.3) is 5.91 Å². The maximum atomic E-state index is 12.1. The second-order valence-electron chi connectivity index (χ2n) is 6.38.